The number of thioether (sulfide) groups is 1. The van der Waals surface area contributed by atoms with Crippen molar-refractivity contribution >= 4 is 11.8 Å². The van der Waals surface area contributed by atoms with E-state index in [1.54, 1.807) is 11.8 Å². The predicted octanol–water partition coefficient (Wildman–Crippen LogP) is 0.837. The summed E-state index contributed by atoms with van der Waals surface area (Å²) < 4.78 is 1.87. The molecule has 1 aliphatic rings. The van der Waals surface area contributed by atoms with Gasteiger partial charge in [-0.05, 0) is 13.3 Å². The summed E-state index contributed by atoms with van der Waals surface area (Å²) >= 11 is 1.79. The first-order valence-corrected chi connectivity index (χ1v) is 5.78. The topological polar surface area (TPSA) is 50.9 Å². The Hall–Kier alpha value is -0.550. The fourth-order valence-electron chi connectivity index (χ4n) is 1.84. The molecule has 0 amide bonds. The van der Waals surface area contributed by atoms with E-state index in [9.17, 15) is 5.11 Å². The Morgan fingerprint density at radius 1 is 1.57 bits per heavy atom. The molecule has 0 aromatic carbocycles. The van der Waals surface area contributed by atoms with E-state index in [0.29, 0.717) is 11.1 Å². The number of aliphatic hydroxyl groups is 1. The largest absolute Gasteiger partial charge is 0.381 e. The number of nitrogens with zero attached hydrogens (tertiary/aromatic N) is 3. The van der Waals surface area contributed by atoms with Crippen molar-refractivity contribution < 1.29 is 5.11 Å². The molecule has 0 radical (unpaired) electrons. The van der Waals surface area contributed by atoms with Crippen LogP contribution in [-0.2, 0) is 12.6 Å². The fourth-order valence-corrected chi connectivity index (χ4v) is 3.04. The van der Waals surface area contributed by atoms with Gasteiger partial charge in [-0.25, -0.2) is 0 Å². The molecule has 2 unspecified atom stereocenters. The lowest BCUT2D eigenvalue weighted by molar-refractivity contribution is 0.0484. The van der Waals surface area contributed by atoms with Crippen LogP contribution in [0.2, 0.25) is 0 Å². The van der Waals surface area contributed by atoms with E-state index in [0.717, 1.165) is 18.0 Å². The molecule has 0 aliphatic carbocycles. The minimum absolute atomic E-state index is 0.497. The quantitative estimate of drug-likeness (QED) is 0.751. The second-order valence-electron chi connectivity index (χ2n) is 3.99. The van der Waals surface area contributed by atoms with Gasteiger partial charge < -0.3 is 9.67 Å². The Morgan fingerprint density at radius 2 is 2.29 bits per heavy atom. The van der Waals surface area contributed by atoms with Crippen LogP contribution in [0.3, 0.4) is 0 Å². The lowest BCUT2D eigenvalue weighted by atomic mass is 10.00. The van der Waals surface area contributed by atoms with E-state index in [1.807, 2.05) is 18.5 Å². The second-order valence-corrected chi connectivity index (χ2v) is 5.41. The van der Waals surface area contributed by atoms with Crippen LogP contribution < -0.4 is 0 Å². The van der Waals surface area contributed by atoms with E-state index >= 15 is 0 Å². The molecule has 14 heavy (non-hydrogen) atoms. The summed E-state index contributed by atoms with van der Waals surface area (Å²) in [6.07, 6.45) is 0.768. The molecule has 0 saturated carbocycles. The molecule has 2 atom stereocenters. The molecule has 78 valence electrons. The van der Waals surface area contributed by atoms with Crippen LogP contribution in [0.5, 0.6) is 0 Å². The van der Waals surface area contributed by atoms with E-state index in [1.165, 1.54) is 0 Å². The Bertz CT molecular complexity index is 352. The van der Waals surface area contributed by atoms with Crippen molar-refractivity contribution in [1.82, 2.24) is 14.8 Å². The van der Waals surface area contributed by atoms with Crippen molar-refractivity contribution in [3.05, 3.63) is 11.6 Å². The Labute approximate surface area is 87.7 Å². The maximum absolute atomic E-state index is 10.4. The van der Waals surface area contributed by atoms with Crippen LogP contribution in [0.15, 0.2) is 0 Å². The molecule has 1 N–H and O–H groups in total. The third-order valence-corrected chi connectivity index (χ3v) is 4.12. The van der Waals surface area contributed by atoms with Crippen LogP contribution in [0.25, 0.3) is 0 Å². The van der Waals surface area contributed by atoms with Crippen molar-refractivity contribution in [2.45, 2.75) is 31.1 Å². The maximum Gasteiger partial charge on any atom is 0.165 e. The number of hydrogen-bond acceptors (Lipinski definition) is 4. The van der Waals surface area contributed by atoms with Crippen molar-refractivity contribution in [3.8, 4) is 0 Å². The molecule has 1 aromatic heterocycles. The van der Waals surface area contributed by atoms with Crippen LogP contribution in [0, 0.1) is 6.92 Å². The molecule has 2 rings (SSSR count). The molecule has 4 nitrogen and oxygen atoms in total. The summed E-state index contributed by atoms with van der Waals surface area (Å²) in [6.45, 7) is 4.03. The zero-order chi connectivity index (χ0) is 10.3. The van der Waals surface area contributed by atoms with Gasteiger partial charge in [0.15, 0.2) is 5.82 Å². The average Bonchev–Trinajstić information content (AvgIpc) is 2.60. The lowest BCUT2D eigenvalue weighted by Gasteiger charge is -2.20. The molecule has 0 bridgehead atoms. The molecule has 5 heteroatoms. The van der Waals surface area contributed by atoms with E-state index < -0.39 is 5.60 Å². The zero-order valence-corrected chi connectivity index (χ0v) is 9.51. The zero-order valence-electron chi connectivity index (χ0n) is 8.69. The number of aromatic nitrogens is 3. The van der Waals surface area contributed by atoms with Crippen molar-refractivity contribution in [3.63, 3.8) is 0 Å². The van der Waals surface area contributed by atoms with Gasteiger partial charge in [-0.2, -0.15) is 11.8 Å². The fraction of sp³-hybridized carbons (Fsp3) is 0.778. The van der Waals surface area contributed by atoms with Crippen LogP contribution in [0.4, 0.5) is 0 Å². The normalized spacial score (nSPS) is 32.4. The average molecular weight is 213 g/mol. The Morgan fingerprint density at radius 3 is 2.71 bits per heavy atom. The highest BCUT2D eigenvalue weighted by molar-refractivity contribution is 8.00. The molecule has 1 fully saturated rings. The molecule has 1 saturated heterocycles. The summed E-state index contributed by atoms with van der Waals surface area (Å²) in [5.74, 6) is 2.27. The molecule has 1 aromatic rings. The molecule has 0 spiro atoms. The number of rotatable bonds is 1. The van der Waals surface area contributed by atoms with Gasteiger partial charge in [-0.15, -0.1) is 10.2 Å². The highest BCUT2D eigenvalue weighted by Crippen LogP contribution is 2.40. The lowest BCUT2D eigenvalue weighted by Crippen LogP contribution is -2.29. The summed E-state index contributed by atoms with van der Waals surface area (Å²) in [7, 11) is 1.90. The second kappa shape index (κ2) is 3.24. The Kier molecular flexibility index (Phi) is 2.31. The predicted molar refractivity (Wildman–Crippen MR) is 56.2 cm³/mol. The third-order valence-electron chi connectivity index (χ3n) is 2.74. The number of hydrogen-bond donors (Lipinski definition) is 1. The standard InChI is InChI=1S/C9H15N3OS/c1-6-4-9(13,5-14-6)8-11-10-7(2)12(8)3/h6,13H,4-5H2,1-3H3. The highest BCUT2D eigenvalue weighted by Gasteiger charge is 2.41. The first kappa shape index (κ1) is 9.98. The molecule has 1 aliphatic heterocycles. The molecule has 2 heterocycles. The minimum atomic E-state index is -0.778. The maximum atomic E-state index is 10.4. The summed E-state index contributed by atoms with van der Waals surface area (Å²) in [6, 6.07) is 0. The monoisotopic (exact) mass is 213 g/mol. The van der Waals surface area contributed by atoms with Gasteiger partial charge in [0, 0.05) is 18.1 Å². The van der Waals surface area contributed by atoms with Crippen molar-refractivity contribution in [2.75, 3.05) is 5.75 Å². The van der Waals surface area contributed by atoms with E-state index in [-0.39, 0.29) is 0 Å². The Balaban J connectivity index is 2.35. The van der Waals surface area contributed by atoms with Gasteiger partial charge in [0.05, 0.1) is 0 Å². The first-order chi connectivity index (χ1) is 6.53. The van der Waals surface area contributed by atoms with Gasteiger partial charge in [0.2, 0.25) is 0 Å². The summed E-state index contributed by atoms with van der Waals surface area (Å²) in [4.78, 5) is 0. The molecular weight excluding hydrogens is 198 g/mol. The van der Waals surface area contributed by atoms with E-state index in [2.05, 4.69) is 17.1 Å². The molecular formula is C9H15N3OS. The van der Waals surface area contributed by atoms with Crippen LogP contribution in [-0.4, -0.2) is 30.9 Å². The first-order valence-electron chi connectivity index (χ1n) is 4.73. The van der Waals surface area contributed by atoms with Gasteiger partial charge in [-0.1, -0.05) is 6.92 Å². The van der Waals surface area contributed by atoms with Crippen molar-refractivity contribution in [1.29, 1.82) is 0 Å². The summed E-state index contributed by atoms with van der Waals surface area (Å²) in [5, 5.41) is 18.9. The minimum Gasteiger partial charge on any atom is -0.381 e. The smallest absolute Gasteiger partial charge is 0.165 e. The van der Waals surface area contributed by atoms with Gasteiger partial charge in [0.1, 0.15) is 11.4 Å². The van der Waals surface area contributed by atoms with Gasteiger partial charge in [0.25, 0.3) is 0 Å². The van der Waals surface area contributed by atoms with Crippen molar-refractivity contribution in [2.24, 2.45) is 7.05 Å². The van der Waals surface area contributed by atoms with Crippen LogP contribution >= 0.6 is 11.8 Å². The van der Waals surface area contributed by atoms with E-state index in [4.69, 9.17) is 0 Å². The highest BCUT2D eigenvalue weighted by atomic mass is 32.2. The SMILES string of the molecule is Cc1nnc(C2(O)CSC(C)C2)n1C. The van der Waals surface area contributed by atoms with Crippen LogP contribution in [0.1, 0.15) is 25.0 Å². The number of aryl methyl sites for hydroxylation is 1. The third kappa shape index (κ3) is 1.44. The van der Waals surface area contributed by atoms with Gasteiger partial charge >= 0.3 is 0 Å². The summed E-state index contributed by atoms with van der Waals surface area (Å²) in [5.41, 5.74) is -0.778. The van der Waals surface area contributed by atoms with Gasteiger partial charge in [-0.3, -0.25) is 0 Å².